The Bertz CT molecular complexity index is 1910. The van der Waals surface area contributed by atoms with E-state index < -0.39 is 88.4 Å². The zero-order valence-corrected chi connectivity index (χ0v) is 34.2. The van der Waals surface area contributed by atoms with Crippen LogP contribution in [0.1, 0.15) is 32.1 Å². The number of nitrogens with zero attached hydrogens (tertiary/aromatic N) is 4. The monoisotopic (exact) mass is 879 g/mol. The minimum atomic E-state index is -4.38. The Labute approximate surface area is 351 Å². The van der Waals surface area contributed by atoms with Crippen LogP contribution in [0.4, 0.5) is 0 Å². The maximum Gasteiger partial charge on any atom is 0.317 e. The first-order valence-corrected chi connectivity index (χ1v) is 20.7. The van der Waals surface area contributed by atoms with Gasteiger partial charge in [-0.25, -0.2) is 13.9 Å². The molecule has 0 aromatic heterocycles. The van der Waals surface area contributed by atoms with Gasteiger partial charge in [0.2, 0.25) is 11.8 Å². The van der Waals surface area contributed by atoms with Gasteiger partial charge in [-0.3, -0.25) is 53.5 Å². The molecular weight excluding hydrogens is 827 g/mol. The Hall–Kier alpha value is -5.72. The molecule has 2 aromatic rings. The van der Waals surface area contributed by atoms with E-state index in [9.17, 15) is 57.4 Å². The maximum absolute atomic E-state index is 13.9. The van der Waals surface area contributed by atoms with Crippen LogP contribution >= 0.6 is 0 Å². The van der Waals surface area contributed by atoms with Crippen molar-refractivity contribution in [1.82, 2.24) is 30.4 Å². The van der Waals surface area contributed by atoms with Crippen LogP contribution in [0.5, 0.6) is 11.5 Å². The molecule has 0 bridgehead atoms. The van der Waals surface area contributed by atoms with Gasteiger partial charge >= 0.3 is 23.9 Å². The molecule has 336 valence electrons. The van der Waals surface area contributed by atoms with Crippen molar-refractivity contribution in [1.29, 1.82) is 0 Å². The number of aliphatic carboxylic acids is 4. The zero-order chi connectivity index (χ0) is 45.2. The number of carbonyl (C=O) groups excluding carboxylic acids is 3. The quantitative estimate of drug-likeness (QED) is 0.0302. The Morgan fingerprint density at radius 2 is 1.18 bits per heavy atom. The number of ether oxygens (including phenoxy) is 1. The molecule has 23 heteroatoms. The van der Waals surface area contributed by atoms with Gasteiger partial charge in [0.05, 0.1) is 43.7 Å². The molecule has 0 unspecified atom stereocenters. The standard InChI is InChI=1S/C38H53N7O15S/c39-30(8-4-5-15-40-31(46)22-43(24-33(49)50)20-18-42(23-32(47)48)19-21-44(25-34(51)52)26-35(53)54)36(55)45-16-13-38(14-17-45,37(56)41-57)61(58,59)29-11-9-28(10-12-29)60-27-6-2-1-3-7-27/h1-3,6-7,9-12,30,57H,4-5,8,13-26,39H2,(H,40,46)(H,41,56)(H,47,48)(H,49,50)(H,51,52)(H,53,54)/t30-/m0/s1. The summed E-state index contributed by atoms with van der Waals surface area (Å²) < 4.78 is 31.4. The molecule has 1 atom stereocenters. The molecule has 0 aliphatic carbocycles. The largest absolute Gasteiger partial charge is 0.480 e. The van der Waals surface area contributed by atoms with Gasteiger partial charge in [-0.2, -0.15) is 0 Å². The number of rotatable bonds is 27. The number of hydrogen-bond donors (Lipinski definition) is 8. The first-order valence-electron chi connectivity index (χ1n) is 19.2. The molecule has 9 N–H and O–H groups in total. The average molecular weight is 880 g/mol. The van der Waals surface area contributed by atoms with Crippen LogP contribution in [0.2, 0.25) is 0 Å². The molecule has 3 amide bonds. The van der Waals surface area contributed by atoms with Gasteiger partial charge in [0.1, 0.15) is 11.5 Å². The first kappa shape index (κ1) is 49.6. The minimum Gasteiger partial charge on any atom is -0.480 e. The van der Waals surface area contributed by atoms with E-state index in [4.69, 9.17) is 20.7 Å². The fourth-order valence-corrected chi connectivity index (χ4v) is 8.66. The van der Waals surface area contributed by atoms with Crippen LogP contribution < -0.4 is 21.3 Å². The van der Waals surface area contributed by atoms with E-state index in [0.29, 0.717) is 24.3 Å². The fourth-order valence-electron chi connectivity index (χ4n) is 6.71. The van der Waals surface area contributed by atoms with Crippen molar-refractivity contribution >= 4 is 51.4 Å². The molecule has 0 saturated carbocycles. The van der Waals surface area contributed by atoms with Crippen molar-refractivity contribution in [2.45, 2.75) is 47.8 Å². The highest BCUT2D eigenvalue weighted by Gasteiger charge is 2.53. The Kier molecular flexibility index (Phi) is 19.5. The van der Waals surface area contributed by atoms with E-state index in [0.717, 1.165) is 4.90 Å². The highest BCUT2D eigenvalue weighted by molar-refractivity contribution is 7.93. The lowest BCUT2D eigenvalue weighted by molar-refractivity contribution is -0.143. The summed E-state index contributed by atoms with van der Waals surface area (Å²) in [4.78, 5) is 89.0. The van der Waals surface area contributed by atoms with E-state index in [-0.39, 0.29) is 76.5 Å². The van der Waals surface area contributed by atoms with Crippen molar-refractivity contribution in [2.75, 3.05) is 78.5 Å². The molecule has 1 heterocycles. The number of amides is 3. The second-order valence-corrected chi connectivity index (χ2v) is 16.6. The summed E-state index contributed by atoms with van der Waals surface area (Å²) in [5.41, 5.74) is 7.66. The first-order chi connectivity index (χ1) is 28.9. The summed E-state index contributed by atoms with van der Waals surface area (Å²) in [7, 11) is -4.38. The van der Waals surface area contributed by atoms with Crippen LogP contribution in [-0.4, -0.2) is 185 Å². The summed E-state index contributed by atoms with van der Waals surface area (Å²) in [5, 5.41) is 49.0. The van der Waals surface area contributed by atoms with Crippen LogP contribution in [-0.2, 0) is 43.4 Å². The summed E-state index contributed by atoms with van der Waals surface area (Å²) in [6.07, 6.45) is 0.338. The number of benzene rings is 2. The molecule has 1 aliphatic rings. The van der Waals surface area contributed by atoms with Crippen LogP contribution in [0.3, 0.4) is 0 Å². The van der Waals surface area contributed by atoms with Crippen LogP contribution in [0.25, 0.3) is 0 Å². The summed E-state index contributed by atoms with van der Waals surface area (Å²) >= 11 is 0. The van der Waals surface area contributed by atoms with E-state index >= 15 is 0 Å². The number of unbranched alkanes of at least 4 members (excludes halogenated alkanes) is 1. The highest BCUT2D eigenvalue weighted by atomic mass is 32.2. The Morgan fingerprint density at radius 1 is 0.705 bits per heavy atom. The number of likely N-dealkylation sites (tertiary alicyclic amines) is 1. The molecule has 22 nitrogen and oxygen atoms in total. The molecule has 1 saturated heterocycles. The SMILES string of the molecule is N[C@@H](CCCCNC(=O)CN(CCN(CCN(CC(=O)O)CC(=O)O)CC(=O)O)CC(=O)O)C(=O)N1CCC(C(=O)NO)(S(=O)(=O)c2ccc(Oc3ccccc3)cc2)CC1. The lowest BCUT2D eigenvalue weighted by atomic mass is 9.94. The number of carboxylic acid groups (broad SMARTS) is 4. The van der Waals surface area contributed by atoms with Crippen molar-refractivity contribution in [3.05, 3.63) is 54.6 Å². The van der Waals surface area contributed by atoms with E-state index in [1.54, 1.807) is 24.3 Å². The van der Waals surface area contributed by atoms with Crippen LogP contribution in [0, 0.1) is 0 Å². The maximum atomic E-state index is 13.9. The fraction of sp³-hybridized carbons (Fsp3) is 0.500. The molecule has 0 spiro atoms. The van der Waals surface area contributed by atoms with Gasteiger partial charge in [0.15, 0.2) is 14.6 Å². The van der Waals surface area contributed by atoms with Crippen molar-refractivity contribution < 1.29 is 72.3 Å². The molecule has 1 aliphatic heterocycles. The normalized spacial score (nSPS) is 14.3. The number of carboxylic acids is 4. The molecular formula is C38H53N7O15S. The lowest BCUT2D eigenvalue weighted by Crippen LogP contribution is -2.59. The number of hydroxylamine groups is 1. The average Bonchev–Trinajstić information content (AvgIpc) is 3.20. The van der Waals surface area contributed by atoms with Crippen molar-refractivity contribution in [3.8, 4) is 11.5 Å². The summed E-state index contributed by atoms with van der Waals surface area (Å²) in [5.74, 6) is -6.25. The van der Waals surface area contributed by atoms with Crippen molar-refractivity contribution in [3.63, 3.8) is 0 Å². The predicted molar refractivity (Wildman–Crippen MR) is 213 cm³/mol. The third-order valence-electron chi connectivity index (χ3n) is 9.87. The summed E-state index contributed by atoms with van der Waals surface area (Å²) in [6.45, 7) is -2.98. The second-order valence-electron chi connectivity index (χ2n) is 14.4. The van der Waals surface area contributed by atoms with Gasteiger partial charge in [-0.1, -0.05) is 18.2 Å². The number of sulfone groups is 1. The molecule has 0 radical (unpaired) electrons. The second kappa shape index (κ2) is 23.9. The highest BCUT2D eigenvalue weighted by Crippen LogP contribution is 2.37. The number of nitrogens with one attached hydrogen (secondary N) is 2. The topological polar surface area (TPSA) is 327 Å². The minimum absolute atomic E-state index is 0.0333. The van der Waals surface area contributed by atoms with E-state index in [1.165, 1.54) is 44.4 Å². The molecule has 2 aromatic carbocycles. The molecule has 1 fully saturated rings. The Morgan fingerprint density at radius 3 is 1.69 bits per heavy atom. The van der Waals surface area contributed by atoms with Gasteiger partial charge in [0, 0.05) is 45.8 Å². The zero-order valence-electron chi connectivity index (χ0n) is 33.4. The number of nitrogens with two attached hydrogens (primary N) is 1. The van der Waals surface area contributed by atoms with Gasteiger partial charge in [-0.15, -0.1) is 0 Å². The number of hydrogen-bond acceptors (Lipinski definition) is 15. The third-order valence-corrected chi connectivity index (χ3v) is 12.4. The lowest BCUT2D eigenvalue weighted by Gasteiger charge is -2.40. The van der Waals surface area contributed by atoms with E-state index in [2.05, 4.69) is 5.32 Å². The van der Waals surface area contributed by atoms with Crippen molar-refractivity contribution in [2.24, 2.45) is 5.73 Å². The summed E-state index contributed by atoms with van der Waals surface area (Å²) in [6, 6.07) is 13.3. The number of carbonyl (C=O) groups is 7. The molecule has 61 heavy (non-hydrogen) atoms. The van der Waals surface area contributed by atoms with Crippen LogP contribution in [0.15, 0.2) is 59.5 Å². The number of piperidine rings is 1. The molecule has 3 rings (SSSR count). The van der Waals surface area contributed by atoms with Gasteiger partial charge in [-0.05, 0) is 68.5 Å². The predicted octanol–water partition coefficient (Wildman–Crippen LogP) is -1.02. The van der Waals surface area contributed by atoms with E-state index in [1.807, 2.05) is 6.07 Å². The van der Waals surface area contributed by atoms with Gasteiger partial charge < -0.3 is 41.1 Å². The third kappa shape index (κ3) is 15.7. The van der Waals surface area contributed by atoms with Gasteiger partial charge in [0.25, 0.3) is 5.91 Å². The number of para-hydroxylation sites is 1. The Balaban J connectivity index is 1.47. The smallest absolute Gasteiger partial charge is 0.317 e.